The maximum atomic E-state index is 13.1. The van der Waals surface area contributed by atoms with Crippen molar-refractivity contribution in [3.8, 4) is 0 Å². The number of hydrogen-bond donors (Lipinski definition) is 4. The molecule has 9 heteroatoms. The molecule has 3 amide bonds. The molecule has 2 aliphatic heterocycles. The normalized spacial score (nSPS) is 27.1. The van der Waals surface area contributed by atoms with Gasteiger partial charge in [-0.2, -0.15) is 0 Å². The maximum Gasteiger partial charge on any atom is 0.407 e. The maximum absolute atomic E-state index is 13.1. The molecule has 0 saturated carbocycles. The fourth-order valence-electron chi connectivity index (χ4n) is 3.96. The average molecular weight is 390 g/mol. The van der Waals surface area contributed by atoms with Gasteiger partial charge >= 0.3 is 6.09 Å². The molecule has 0 radical (unpaired) electrons. The summed E-state index contributed by atoms with van der Waals surface area (Å²) in [7, 11) is 1.44. The van der Waals surface area contributed by atoms with Crippen molar-refractivity contribution in [2.45, 2.75) is 30.9 Å². The first kappa shape index (κ1) is 20.1. The van der Waals surface area contributed by atoms with Crippen LogP contribution in [0.3, 0.4) is 0 Å². The second kappa shape index (κ2) is 9.03. The summed E-state index contributed by atoms with van der Waals surface area (Å²) in [5.41, 5.74) is 2.82. The van der Waals surface area contributed by atoms with E-state index in [2.05, 4.69) is 22.8 Å². The molecule has 0 bridgehead atoms. The molecule has 0 aromatic heterocycles. The molecule has 2 fully saturated rings. The number of carbonyl (C=O) groups is 3. The summed E-state index contributed by atoms with van der Waals surface area (Å²) in [5, 5.41) is 14.5. The molecule has 4 atom stereocenters. The Labute approximate surface area is 163 Å². The van der Waals surface area contributed by atoms with Crippen LogP contribution in [0.1, 0.15) is 24.3 Å². The molecule has 1 aromatic carbocycles. The fourth-order valence-corrected chi connectivity index (χ4v) is 3.96. The van der Waals surface area contributed by atoms with E-state index in [0.717, 1.165) is 6.42 Å². The number of likely N-dealkylation sites (tertiary alicyclic amines) is 1. The highest BCUT2D eigenvalue weighted by atomic mass is 16.6. The van der Waals surface area contributed by atoms with Gasteiger partial charge in [-0.25, -0.2) is 10.3 Å². The summed E-state index contributed by atoms with van der Waals surface area (Å²) in [4.78, 5) is 38.4. The first-order valence-corrected chi connectivity index (χ1v) is 9.43. The van der Waals surface area contributed by atoms with Gasteiger partial charge in [0, 0.05) is 32.6 Å². The summed E-state index contributed by atoms with van der Waals surface area (Å²) in [6.45, 7) is 1.46. The number of rotatable bonds is 4. The van der Waals surface area contributed by atoms with Gasteiger partial charge in [0.1, 0.15) is 6.10 Å². The van der Waals surface area contributed by atoms with Gasteiger partial charge in [-0.1, -0.05) is 30.3 Å². The average Bonchev–Trinajstić information content (AvgIpc) is 3.23. The number of amides is 3. The lowest BCUT2D eigenvalue weighted by Gasteiger charge is -2.36. The Morgan fingerprint density at radius 3 is 2.68 bits per heavy atom. The van der Waals surface area contributed by atoms with Crippen molar-refractivity contribution in [3.05, 3.63) is 35.9 Å². The number of nitrogens with one attached hydrogen (secondary N) is 3. The summed E-state index contributed by atoms with van der Waals surface area (Å²) < 4.78 is 5.19. The summed E-state index contributed by atoms with van der Waals surface area (Å²) >= 11 is 0. The lowest BCUT2D eigenvalue weighted by atomic mass is 9.87. The molecule has 2 saturated heterocycles. The minimum Gasteiger partial charge on any atom is -0.445 e. The van der Waals surface area contributed by atoms with Gasteiger partial charge in [-0.15, -0.1) is 0 Å². The van der Waals surface area contributed by atoms with Crippen LogP contribution in [0.15, 0.2) is 30.3 Å². The zero-order valence-electron chi connectivity index (χ0n) is 15.8. The van der Waals surface area contributed by atoms with Crippen molar-refractivity contribution < 1.29 is 24.3 Å². The third-order valence-corrected chi connectivity index (χ3v) is 5.45. The zero-order chi connectivity index (χ0) is 20.1. The Hall–Kier alpha value is -2.65. The van der Waals surface area contributed by atoms with E-state index in [1.807, 2.05) is 18.2 Å². The van der Waals surface area contributed by atoms with Gasteiger partial charge in [0.2, 0.25) is 11.8 Å². The second-order valence-electron chi connectivity index (χ2n) is 7.16. The quantitative estimate of drug-likeness (QED) is 0.431. The molecular weight excluding hydrogens is 364 g/mol. The summed E-state index contributed by atoms with van der Waals surface area (Å²) in [6, 6.07) is 9.27. The first-order chi connectivity index (χ1) is 13.5. The van der Waals surface area contributed by atoms with Crippen LogP contribution < -0.4 is 16.1 Å². The van der Waals surface area contributed by atoms with Gasteiger partial charge in [0.25, 0.3) is 0 Å². The van der Waals surface area contributed by atoms with E-state index in [1.165, 1.54) is 12.6 Å². The van der Waals surface area contributed by atoms with Gasteiger partial charge in [0.05, 0.1) is 12.0 Å². The van der Waals surface area contributed by atoms with Gasteiger partial charge in [-0.3, -0.25) is 14.8 Å². The number of piperidine rings is 1. The van der Waals surface area contributed by atoms with Crippen molar-refractivity contribution in [1.82, 2.24) is 21.0 Å². The van der Waals surface area contributed by atoms with Crippen LogP contribution in [0.2, 0.25) is 0 Å². The van der Waals surface area contributed by atoms with Crippen LogP contribution in [-0.4, -0.2) is 66.8 Å². The van der Waals surface area contributed by atoms with E-state index in [4.69, 9.17) is 9.94 Å². The number of hydrogen-bond acceptors (Lipinski definition) is 6. The Morgan fingerprint density at radius 2 is 2.00 bits per heavy atom. The van der Waals surface area contributed by atoms with E-state index in [0.29, 0.717) is 13.1 Å². The van der Waals surface area contributed by atoms with Gasteiger partial charge < -0.3 is 20.3 Å². The number of hydroxylamine groups is 1. The molecule has 28 heavy (non-hydrogen) atoms. The molecule has 2 heterocycles. The van der Waals surface area contributed by atoms with Crippen LogP contribution in [0.25, 0.3) is 0 Å². The third kappa shape index (κ3) is 4.42. The number of carbonyl (C=O) groups excluding carboxylic acids is 3. The molecular formula is C19H26N4O5. The number of nitrogens with zero attached hydrogens (tertiary/aromatic N) is 1. The van der Waals surface area contributed by atoms with E-state index >= 15 is 0 Å². The molecule has 1 aromatic rings. The molecule has 1 unspecified atom stereocenters. The monoisotopic (exact) mass is 390 g/mol. The van der Waals surface area contributed by atoms with Crippen LogP contribution >= 0.6 is 0 Å². The van der Waals surface area contributed by atoms with E-state index in [1.54, 1.807) is 10.4 Å². The topological polar surface area (TPSA) is 120 Å². The van der Waals surface area contributed by atoms with E-state index < -0.39 is 30.1 Å². The number of ether oxygens (including phenoxy) is 1. The van der Waals surface area contributed by atoms with Crippen LogP contribution in [-0.2, 0) is 14.3 Å². The summed E-state index contributed by atoms with van der Waals surface area (Å²) in [6.07, 6.45) is -0.159. The molecule has 9 nitrogen and oxygen atoms in total. The zero-order valence-corrected chi connectivity index (χ0v) is 15.8. The Bertz CT molecular complexity index is 714. The summed E-state index contributed by atoms with van der Waals surface area (Å²) in [5.74, 6) is -1.42. The molecule has 4 N–H and O–H groups in total. The predicted molar refractivity (Wildman–Crippen MR) is 99.5 cm³/mol. The minimum absolute atomic E-state index is 0.152. The second-order valence-corrected chi connectivity index (χ2v) is 7.16. The number of benzene rings is 1. The Balaban J connectivity index is 1.66. The highest BCUT2D eigenvalue weighted by molar-refractivity contribution is 5.90. The van der Waals surface area contributed by atoms with Crippen LogP contribution in [0.4, 0.5) is 4.79 Å². The van der Waals surface area contributed by atoms with Crippen LogP contribution in [0.5, 0.6) is 0 Å². The van der Waals surface area contributed by atoms with E-state index in [9.17, 15) is 14.4 Å². The molecule has 2 aliphatic rings. The highest BCUT2D eigenvalue weighted by Gasteiger charge is 2.43. The Kier molecular flexibility index (Phi) is 6.48. The van der Waals surface area contributed by atoms with Crippen molar-refractivity contribution in [2.24, 2.45) is 5.92 Å². The molecule has 3 rings (SSSR count). The SMILES string of the molecule is CNC(=O)OC1CN[C@H](C(=O)N2CC[C@H](c3ccccc3)C2)[C@@H](C(=O)NO)C1. The third-order valence-electron chi connectivity index (χ3n) is 5.45. The highest BCUT2D eigenvalue weighted by Crippen LogP contribution is 2.29. The largest absolute Gasteiger partial charge is 0.445 e. The van der Waals surface area contributed by atoms with E-state index in [-0.39, 0.29) is 24.8 Å². The predicted octanol–water partition coefficient (Wildman–Crippen LogP) is 0.211. The standard InChI is InChI=1S/C19H26N4O5/c1-20-19(26)28-14-9-15(17(24)22-27)16(21-10-14)18(25)23-8-7-13(11-23)12-5-3-2-4-6-12/h2-6,13-16,21,27H,7-11H2,1H3,(H,20,26)(H,22,24)/t13-,14?,15-,16-/m0/s1. The van der Waals surface area contributed by atoms with Crippen LogP contribution in [0, 0.1) is 5.92 Å². The van der Waals surface area contributed by atoms with Crippen molar-refractivity contribution in [2.75, 3.05) is 26.7 Å². The molecule has 0 aliphatic carbocycles. The first-order valence-electron chi connectivity index (χ1n) is 9.43. The Morgan fingerprint density at radius 1 is 1.25 bits per heavy atom. The lowest BCUT2D eigenvalue weighted by molar-refractivity contribution is -0.145. The van der Waals surface area contributed by atoms with Crippen molar-refractivity contribution >= 4 is 17.9 Å². The fraction of sp³-hybridized carbons (Fsp3) is 0.526. The van der Waals surface area contributed by atoms with Gasteiger partial charge in [0.15, 0.2) is 0 Å². The smallest absolute Gasteiger partial charge is 0.407 e. The minimum atomic E-state index is -0.836. The van der Waals surface area contributed by atoms with Crippen molar-refractivity contribution in [3.63, 3.8) is 0 Å². The molecule has 0 spiro atoms. The number of alkyl carbamates (subject to hydrolysis) is 1. The molecule has 152 valence electrons. The lowest BCUT2D eigenvalue weighted by Crippen LogP contribution is -2.59. The van der Waals surface area contributed by atoms with Crippen molar-refractivity contribution in [1.29, 1.82) is 0 Å². The van der Waals surface area contributed by atoms with Gasteiger partial charge in [-0.05, 0) is 18.4 Å².